The first kappa shape index (κ1) is 15.9. The summed E-state index contributed by atoms with van der Waals surface area (Å²) in [5.41, 5.74) is 8.45. The van der Waals surface area contributed by atoms with Crippen molar-refractivity contribution in [3.8, 4) is 0 Å². The van der Waals surface area contributed by atoms with Crippen molar-refractivity contribution >= 4 is 17.6 Å². The van der Waals surface area contributed by atoms with E-state index in [1.54, 1.807) is 6.20 Å². The van der Waals surface area contributed by atoms with Gasteiger partial charge in [0, 0.05) is 11.9 Å². The topological polar surface area (TPSA) is 102 Å². The summed E-state index contributed by atoms with van der Waals surface area (Å²) in [6.07, 6.45) is 4.79. The molecule has 124 valence electrons. The fourth-order valence-corrected chi connectivity index (χ4v) is 2.38. The number of benzene rings is 1. The lowest BCUT2D eigenvalue weighted by Gasteiger charge is -2.07. The molecule has 1 amide bonds. The molecule has 1 aliphatic heterocycles. The van der Waals surface area contributed by atoms with Gasteiger partial charge in [0.05, 0.1) is 17.9 Å². The Hall–Kier alpha value is -2.96. The number of rotatable bonds is 5. The van der Waals surface area contributed by atoms with Crippen molar-refractivity contribution < 1.29 is 9.53 Å². The fourth-order valence-electron chi connectivity index (χ4n) is 2.38. The van der Waals surface area contributed by atoms with Crippen molar-refractivity contribution in [1.82, 2.24) is 9.97 Å². The highest BCUT2D eigenvalue weighted by molar-refractivity contribution is 6.02. The number of nitrogens with zero attached hydrogens (tertiary/aromatic N) is 3. The molecule has 24 heavy (non-hydrogen) atoms. The number of nitrogens with two attached hydrogens (primary N) is 1. The molecule has 2 aromatic rings. The number of aryl methyl sites for hydroxylation is 2. The smallest absolute Gasteiger partial charge is 0.282 e. The van der Waals surface area contributed by atoms with Crippen LogP contribution in [0, 0.1) is 6.92 Å². The van der Waals surface area contributed by atoms with Gasteiger partial charge in [0.2, 0.25) is 0 Å². The second kappa shape index (κ2) is 7.08. The summed E-state index contributed by atoms with van der Waals surface area (Å²) in [5.74, 6) is -0.275. The molecular formula is C17H19N5O2. The quantitative estimate of drug-likeness (QED) is 0.871. The zero-order valence-corrected chi connectivity index (χ0v) is 13.4. The van der Waals surface area contributed by atoms with Crippen molar-refractivity contribution in [2.24, 2.45) is 10.7 Å². The molecule has 1 atom stereocenters. The number of aromatic nitrogens is 2. The van der Waals surface area contributed by atoms with E-state index < -0.39 is 0 Å². The lowest BCUT2D eigenvalue weighted by atomic mass is 10.1. The number of amidine groups is 1. The summed E-state index contributed by atoms with van der Waals surface area (Å²) < 4.78 is 5.14. The van der Waals surface area contributed by atoms with Crippen molar-refractivity contribution in [3.05, 3.63) is 53.6 Å². The van der Waals surface area contributed by atoms with Crippen LogP contribution in [0.5, 0.6) is 0 Å². The van der Waals surface area contributed by atoms with Gasteiger partial charge in [-0.25, -0.2) is 9.98 Å². The van der Waals surface area contributed by atoms with Gasteiger partial charge in [-0.2, -0.15) is 0 Å². The van der Waals surface area contributed by atoms with E-state index in [0.717, 1.165) is 24.2 Å². The monoisotopic (exact) mass is 325 g/mol. The minimum absolute atomic E-state index is 0.129. The summed E-state index contributed by atoms with van der Waals surface area (Å²) >= 11 is 0. The fraction of sp³-hybridized carbons (Fsp3) is 0.294. The molecule has 1 aromatic heterocycles. The molecule has 3 N–H and O–H groups in total. The Kier molecular flexibility index (Phi) is 4.69. The third-order valence-electron chi connectivity index (χ3n) is 3.73. The van der Waals surface area contributed by atoms with E-state index in [2.05, 4.69) is 20.3 Å². The van der Waals surface area contributed by atoms with Gasteiger partial charge < -0.3 is 15.8 Å². The van der Waals surface area contributed by atoms with Gasteiger partial charge in [0.1, 0.15) is 12.3 Å². The maximum absolute atomic E-state index is 12.1. The molecule has 0 saturated carbocycles. The summed E-state index contributed by atoms with van der Waals surface area (Å²) in [6.45, 7) is 2.38. The first-order valence-electron chi connectivity index (χ1n) is 7.75. The number of anilines is 1. The molecule has 3 rings (SSSR count). The number of nitrogens with one attached hydrogen (secondary N) is 1. The molecule has 1 aromatic carbocycles. The molecule has 7 nitrogen and oxygen atoms in total. The van der Waals surface area contributed by atoms with E-state index >= 15 is 0 Å². The second-order valence-corrected chi connectivity index (χ2v) is 5.66. The van der Waals surface area contributed by atoms with Crippen LogP contribution in [-0.4, -0.2) is 34.5 Å². The number of carbonyl (C=O) groups excluding carboxylic acids is 1. The van der Waals surface area contributed by atoms with Gasteiger partial charge >= 0.3 is 0 Å². The van der Waals surface area contributed by atoms with Crippen LogP contribution in [0.4, 0.5) is 5.69 Å². The lowest BCUT2D eigenvalue weighted by molar-refractivity contribution is 0.102. The average molecular weight is 325 g/mol. The zero-order valence-electron chi connectivity index (χ0n) is 13.4. The summed E-state index contributed by atoms with van der Waals surface area (Å²) in [4.78, 5) is 24.4. The molecule has 0 saturated heterocycles. The lowest BCUT2D eigenvalue weighted by Crippen LogP contribution is -2.14. The van der Waals surface area contributed by atoms with E-state index in [1.807, 2.05) is 31.2 Å². The highest BCUT2D eigenvalue weighted by atomic mass is 16.5. The van der Waals surface area contributed by atoms with Crippen molar-refractivity contribution in [2.45, 2.75) is 25.8 Å². The zero-order chi connectivity index (χ0) is 16.9. The van der Waals surface area contributed by atoms with E-state index in [9.17, 15) is 4.79 Å². The van der Waals surface area contributed by atoms with Crippen LogP contribution in [0.1, 0.15) is 28.2 Å². The number of ether oxygens (including phenoxy) is 1. The minimum Gasteiger partial charge on any atom is -0.463 e. The Morgan fingerprint density at radius 1 is 1.29 bits per heavy atom. The van der Waals surface area contributed by atoms with Crippen LogP contribution in [-0.2, 0) is 11.2 Å². The number of aliphatic imine (C=N–C) groups is 1. The molecule has 0 radical (unpaired) electrons. The number of carbonyl (C=O) groups is 1. The van der Waals surface area contributed by atoms with Crippen LogP contribution in [0.2, 0.25) is 0 Å². The molecular weight excluding hydrogens is 306 g/mol. The van der Waals surface area contributed by atoms with E-state index in [0.29, 0.717) is 12.3 Å². The van der Waals surface area contributed by atoms with Crippen LogP contribution >= 0.6 is 0 Å². The van der Waals surface area contributed by atoms with Crippen molar-refractivity contribution in [2.75, 3.05) is 11.9 Å². The van der Waals surface area contributed by atoms with Gasteiger partial charge in [-0.05, 0) is 37.5 Å². The molecule has 0 unspecified atom stereocenters. The number of amides is 1. The predicted octanol–water partition coefficient (Wildman–Crippen LogP) is 1.68. The minimum atomic E-state index is -0.275. The largest absolute Gasteiger partial charge is 0.463 e. The molecule has 0 fully saturated rings. The predicted molar refractivity (Wildman–Crippen MR) is 90.8 cm³/mol. The number of hydrogen-bond acceptors (Lipinski definition) is 6. The van der Waals surface area contributed by atoms with Crippen LogP contribution in [0.15, 0.2) is 41.7 Å². The molecule has 0 bridgehead atoms. The van der Waals surface area contributed by atoms with Crippen molar-refractivity contribution in [3.63, 3.8) is 0 Å². The molecule has 1 aliphatic rings. The molecule has 0 aliphatic carbocycles. The Morgan fingerprint density at radius 2 is 2.08 bits per heavy atom. The van der Waals surface area contributed by atoms with Crippen LogP contribution in [0.3, 0.4) is 0 Å². The molecule has 7 heteroatoms. The third-order valence-corrected chi connectivity index (χ3v) is 3.73. The van der Waals surface area contributed by atoms with E-state index in [-0.39, 0.29) is 18.0 Å². The molecule has 0 spiro atoms. The highest BCUT2D eigenvalue weighted by Gasteiger charge is 2.16. The Labute approximate surface area is 140 Å². The summed E-state index contributed by atoms with van der Waals surface area (Å²) in [7, 11) is 0. The third kappa shape index (κ3) is 4.07. The SMILES string of the molecule is Cc1cnc(C(=O)Nc2ccc(CC[C@H]3COC(N)=N3)cc2)cn1. The van der Waals surface area contributed by atoms with Crippen LogP contribution in [0.25, 0.3) is 0 Å². The first-order valence-corrected chi connectivity index (χ1v) is 7.75. The van der Waals surface area contributed by atoms with Gasteiger partial charge in [0.15, 0.2) is 0 Å². The van der Waals surface area contributed by atoms with E-state index in [1.165, 1.54) is 11.8 Å². The Morgan fingerprint density at radius 3 is 2.71 bits per heavy atom. The summed E-state index contributed by atoms with van der Waals surface area (Å²) in [5, 5.41) is 2.81. The van der Waals surface area contributed by atoms with Crippen molar-refractivity contribution in [1.29, 1.82) is 0 Å². The maximum atomic E-state index is 12.1. The van der Waals surface area contributed by atoms with Gasteiger partial charge in [-0.15, -0.1) is 0 Å². The Balaban J connectivity index is 1.54. The van der Waals surface area contributed by atoms with Gasteiger partial charge in [0.25, 0.3) is 11.9 Å². The van der Waals surface area contributed by atoms with E-state index in [4.69, 9.17) is 10.5 Å². The normalized spacial score (nSPS) is 16.4. The summed E-state index contributed by atoms with van der Waals surface area (Å²) in [6, 6.07) is 8.12. The maximum Gasteiger partial charge on any atom is 0.282 e. The first-order chi connectivity index (χ1) is 11.6. The second-order valence-electron chi connectivity index (χ2n) is 5.66. The van der Waals surface area contributed by atoms with Crippen LogP contribution < -0.4 is 11.1 Å². The standard InChI is InChI=1S/C17H19N5O2/c1-11-8-20-15(9-19-11)16(23)21-13-5-2-12(3-6-13)4-7-14-10-24-17(18)22-14/h2-3,5-6,8-9,14H,4,7,10H2,1H3,(H2,18,22)(H,21,23)/t14-/m0/s1. The molecule has 2 heterocycles. The van der Waals surface area contributed by atoms with Gasteiger partial charge in [-0.1, -0.05) is 12.1 Å². The Bertz CT molecular complexity index is 741. The average Bonchev–Trinajstić information content (AvgIpc) is 3.00. The van der Waals surface area contributed by atoms with Gasteiger partial charge in [-0.3, -0.25) is 9.78 Å². The highest BCUT2D eigenvalue weighted by Crippen LogP contribution is 2.15. The number of hydrogen-bond donors (Lipinski definition) is 2.